The SMILES string of the molecule is CCCCC1CSC(C2CCC(c3ccc(CC)cc3C)CC2)SC1. The van der Waals surface area contributed by atoms with Gasteiger partial charge in [-0.1, -0.05) is 44.9 Å². The van der Waals surface area contributed by atoms with E-state index in [2.05, 4.69) is 62.5 Å². The number of benzene rings is 1. The molecular formula is C23H36S2. The maximum atomic E-state index is 2.43. The second-order valence-electron chi connectivity index (χ2n) is 8.20. The van der Waals surface area contributed by atoms with Crippen LogP contribution in [0.3, 0.4) is 0 Å². The molecule has 2 heteroatoms. The normalized spacial score (nSPS) is 30.4. The van der Waals surface area contributed by atoms with E-state index in [1.807, 2.05) is 0 Å². The zero-order valence-electron chi connectivity index (χ0n) is 16.4. The molecule has 1 aliphatic carbocycles. The minimum Gasteiger partial charge on any atom is -0.147 e. The molecule has 3 rings (SSSR count). The van der Waals surface area contributed by atoms with Crippen LogP contribution in [0.1, 0.15) is 81.4 Å². The molecule has 0 nitrogen and oxygen atoms in total. The molecule has 1 aromatic rings. The highest BCUT2D eigenvalue weighted by Gasteiger charge is 2.32. The number of unbranched alkanes of at least 4 members (excludes halogenated alkanes) is 1. The molecule has 0 radical (unpaired) electrons. The van der Waals surface area contributed by atoms with Crippen LogP contribution in [0.15, 0.2) is 18.2 Å². The average Bonchev–Trinajstić information content (AvgIpc) is 2.67. The monoisotopic (exact) mass is 376 g/mol. The third kappa shape index (κ3) is 5.22. The zero-order valence-corrected chi connectivity index (χ0v) is 18.1. The largest absolute Gasteiger partial charge is 0.147 e. The Morgan fingerprint density at radius 1 is 1.00 bits per heavy atom. The van der Waals surface area contributed by atoms with Crippen molar-refractivity contribution < 1.29 is 0 Å². The van der Waals surface area contributed by atoms with Gasteiger partial charge in [-0.25, -0.2) is 0 Å². The van der Waals surface area contributed by atoms with E-state index in [9.17, 15) is 0 Å². The summed E-state index contributed by atoms with van der Waals surface area (Å²) in [6.45, 7) is 6.90. The Balaban J connectivity index is 1.48. The fourth-order valence-corrected chi connectivity index (χ4v) is 8.19. The van der Waals surface area contributed by atoms with Crippen LogP contribution >= 0.6 is 23.5 Å². The molecule has 0 N–H and O–H groups in total. The van der Waals surface area contributed by atoms with Crippen molar-refractivity contribution in [2.75, 3.05) is 11.5 Å². The van der Waals surface area contributed by atoms with Crippen LogP contribution in [0.2, 0.25) is 0 Å². The first-order valence-electron chi connectivity index (χ1n) is 10.5. The smallest absolute Gasteiger partial charge is 0.0530 e. The lowest BCUT2D eigenvalue weighted by Gasteiger charge is -2.37. The average molecular weight is 377 g/mol. The van der Waals surface area contributed by atoms with E-state index >= 15 is 0 Å². The molecule has 0 unspecified atom stereocenters. The van der Waals surface area contributed by atoms with E-state index in [4.69, 9.17) is 0 Å². The van der Waals surface area contributed by atoms with E-state index < -0.39 is 0 Å². The number of rotatable bonds is 6. The Bertz CT molecular complexity index is 523. The maximum Gasteiger partial charge on any atom is 0.0530 e. The van der Waals surface area contributed by atoms with Crippen molar-refractivity contribution in [3.05, 3.63) is 34.9 Å². The van der Waals surface area contributed by atoms with E-state index in [-0.39, 0.29) is 0 Å². The van der Waals surface area contributed by atoms with E-state index in [1.54, 1.807) is 5.56 Å². The van der Waals surface area contributed by atoms with E-state index in [0.717, 1.165) is 28.8 Å². The second kappa shape index (κ2) is 9.74. The van der Waals surface area contributed by atoms with Crippen LogP contribution in [-0.4, -0.2) is 16.1 Å². The fourth-order valence-electron chi connectivity index (χ4n) is 4.61. The van der Waals surface area contributed by atoms with Crippen molar-refractivity contribution in [2.45, 2.75) is 82.6 Å². The molecule has 0 bridgehead atoms. The predicted molar refractivity (Wildman–Crippen MR) is 117 cm³/mol. The van der Waals surface area contributed by atoms with Gasteiger partial charge in [-0.05, 0) is 91.4 Å². The lowest BCUT2D eigenvalue weighted by Crippen LogP contribution is -2.26. The van der Waals surface area contributed by atoms with Gasteiger partial charge >= 0.3 is 0 Å². The van der Waals surface area contributed by atoms with Gasteiger partial charge in [-0.3, -0.25) is 0 Å². The summed E-state index contributed by atoms with van der Waals surface area (Å²) in [5.74, 6) is 5.62. The van der Waals surface area contributed by atoms with Gasteiger partial charge in [-0.2, -0.15) is 0 Å². The summed E-state index contributed by atoms with van der Waals surface area (Å²) in [6.07, 6.45) is 11.1. The Morgan fingerprint density at radius 2 is 1.72 bits per heavy atom. The molecule has 0 amide bonds. The van der Waals surface area contributed by atoms with Crippen molar-refractivity contribution in [3.8, 4) is 0 Å². The molecule has 0 atom stereocenters. The maximum absolute atomic E-state index is 2.43. The summed E-state index contributed by atoms with van der Waals surface area (Å²) in [7, 11) is 0. The van der Waals surface area contributed by atoms with Gasteiger partial charge in [0, 0.05) is 0 Å². The molecule has 140 valence electrons. The molecule has 1 saturated carbocycles. The summed E-state index contributed by atoms with van der Waals surface area (Å²) >= 11 is 4.59. The highest BCUT2D eigenvalue weighted by Crippen LogP contribution is 2.47. The fraction of sp³-hybridized carbons (Fsp3) is 0.739. The van der Waals surface area contributed by atoms with Gasteiger partial charge in [0.05, 0.1) is 4.58 Å². The molecule has 1 saturated heterocycles. The van der Waals surface area contributed by atoms with E-state index in [0.29, 0.717) is 0 Å². The minimum atomic E-state index is 0.818. The third-order valence-corrected chi connectivity index (χ3v) is 9.87. The zero-order chi connectivity index (χ0) is 17.6. The summed E-state index contributed by atoms with van der Waals surface area (Å²) in [5, 5.41) is 0. The van der Waals surface area contributed by atoms with Crippen molar-refractivity contribution in [1.29, 1.82) is 0 Å². The Labute approximate surface area is 164 Å². The van der Waals surface area contributed by atoms with Crippen LogP contribution in [0, 0.1) is 18.8 Å². The predicted octanol–water partition coefficient (Wildman–Crippen LogP) is 7.44. The molecule has 2 fully saturated rings. The lowest BCUT2D eigenvalue weighted by atomic mass is 9.78. The first kappa shape index (κ1) is 19.7. The van der Waals surface area contributed by atoms with Crippen LogP contribution in [0.25, 0.3) is 0 Å². The van der Waals surface area contributed by atoms with Gasteiger partial charge in [0.1, 0.15) is 0 Å². The number of thioether (sulfide) groups is 2. The lowest BCUT2D eigenvalue weighted by molar-refractivity contribution is 0.342. The third-order valence-electron chi connectivity index (χ3n) is 6.30. The molecule has 0 spiro atoms. The van der Waals surface area contributed by atoms with Crippen molar-refractivity contribution in [1.82, 2.24) is 0 Å². The Morgan fingerprint density at radius 3 is 2.32 bits per heavy atom. The Kier molecular flexibility index (Phi) is 7.66. The van der Waals surface area contributed by atoms with Gasteiger partial charge in [0.15, 0.2) is 0 Å². The number of aryl methyl sites for hydroxylation is 2. The van der Waals surface area contributed by atoms with Crippen molar-refractivity contribution >= 4 is 23.5 Å². The highest BCUT2D eigenvalue weighted by atomic mass is 32.2. The summed E-state index contributed by atoms with van der Waals surface area (Å²) in [6, 6.07) is 7.21. The first-order valence-corrected chi connectivity index (χ1v) is 12.6. The van der Waals surface area contributed by atoms with Crippen molar-refractivity contribution in [2.24, 2.45) is 11.8 Å². The van der Waals surface area contributed by atoms with Gasteiger partial charge in [0.2, 0.25) is 0 Å². The number of hydrogen-bond donors (Lipinski definition) is 0. The topological polar surface area (TPSA) is 0 Å². The summed E-state index contributed by atoms with van der Waals surface area (Å²) in [5.41, 5.74) is 4.66. The van der Waals surface area contributed by atoms with Crippen LogP contribution < -0.4 is 0 Å². The molecular weight excluding hydrogens is 340 g/mol. The number of hydrogen-bond acceptors (Lipinski definition) is 2. The molecule has 1 heterocycles. The standard InChI is InChI=1S/C23H36S2/c1-4-6-7-19-15-24-23(25-16-19)21-11-9-20(10-12-21)22-13-8-18(5-2)14-17(22)3/h8,13-14,19-21,23H,4-7,9-12,15-16H2,1-3H3. The van der Waals surface area contributed by atoms with Crippen LogP contribution in [0.5, 0.6) is 0 Å². The minimum absolute atomic E-state index is 0.818. The molecule has 1 aromatic carbocycles. The molecule has 2 aliphatic rings. The summed E-state index contributed by atoms with van der Waals surface area (Å²) < 4.78 is 0.891. The van der Waals surface area contributed by atoms with Crippen molar-refractivity contribution in [3.63, 3.8) is 0 Å². The summed E-state index contributed by atoms with van der Waals surface area (Å²) in [4.78, 5) is 0. The Hall–Kier alpha value is -0.0800. The highest BCUT2D eigenvalue weighted by molar-refractivity contribution is 8.17. The first-order chi connectivity index (χ1) is 12.2. The molecule has 25 heavy (non-hydrogen) atoms. The molecule has 0 aromatic heterocycles. The van der Waals surface area contributed by atoms with Gasteiger partial charge in [-0.15, -0.1) is 23.5 Å². The van der Waals surface area contributed by atoms with E-state index in [1.165, 1.54) is 67.6 Å². The van der Waals surface area contributed by atoms with Gasteiger partial charge in [0.25, 0.3) is 0 Å². The second-order valence-corrected chi connectivity index (χ2v) is 10.8. The van der Waals surface area contributed by atoms with Crippen LogP contribution in [-0.2, 0) is 6.42 Å². The van der Waals surface area contributed by atoms with Crippen LogP contribution in [0.4, 0.5) is 0 Å². The molecule has 1 aliphatic heterocycles. The van der Waals surface area contributed by atoms with Gasteiger partial charge < -0.3 is 0 Å². The quantitative estimate of drug-likeness (QED) is 0.506.